The predicted octanol–water partition coefficient (Wildman–Crippen LogP) is 9.11. The van der Waals surface area contributed by atoms with Crippen molar-refractivity contribution in [3.8, 4) is 56.9 Å². The number of benzene rings is 3. The summed E-state index contributed by atoms with van der Waals surface area (Å²) in [6.07, 6.45) is 7.80. The van der Waals surface area contributed by atoms with E-state index < -0.39 is 0 Å². The molecule has 3 aromatic carbocycles. The second kappa shape index (κ2) is 20.9. The normalized spacial score (nSPS) is 12.6. The Kier molecular flexibility index (Phi) is 17.0. The molecule has 0 amide bonds. The number of hydrogen-bond donors (Lipinski definition) is 0. The van der Waals surface area contributed by atoms with Crippen molar-refractivity contribution in [3.05, 3.63) is 102 Å². The number of rotatable bonds is 14. The number of halogens is 3. The highest BCUT2D eigenvalue weighted by Gasteiger charge is 2.26. The highest BCUT2D eigenvalue weighted by molar-refractivity contribution is 5.86. The lowest BCUT2D eigenvalue weighted by Gasteiger charge is -2.40. The van der Waals surface area contributed by atoms with Crippen molar-refractivity contribution in [2.24, 2.45) is 0 Å². The Bertz CT molecular complexity index is 1930. The minimum atomic E-state index is 0. The first-order valence-corrected chi connectivity index (χ1v) is 17.4. The molecule has 2 aromatic heterocycles. The number of aromatic nitrogens is 2. The Morgan fingerprint density at radius 3 is 1.69 bits per heavy atom. The summed E-state index contributed by atoms with van der Waals surface area (Å²) in [5.74, 6) is 3.56. The number of methoxy groups -OCH3 is 6. The van der Waals surface area contributed by atoms with Gasteiger partial charge in [0.1, 0.15) is 0 Å². The average molecular weight is 814 g/mol. The summed E-state index contributed by atoms with van der Waals surface area (Å²) in [6.45, 7) is 5.67. The van der Waals surface area contributed by atoms with Crippen LogP contribution in [-0.2, 0) is 13.1 Å². The minimum Gasteiger partial charge on any atom is -0.493 e. The summed E-state index contributed by atoms with van der Waals surface area (Å²) in [5, 5.41) is 0. The second-order valence-corrected chi connectivity index (χ2v) is 12.9. The molecule has 0 N–H and O–H groups in total. The zero-order valence-corrected chi connectivity index (χ0v) is 34.8. The molecule has 0 spiro atoms. The fourth-order valence-electron chi connectivity index (χ4n) is 6.95. The molecule has 3 heterocycles. The van der Waals surface area contributed by atoms with E-state index in [1.54, 1.807) is 42.7 Å². The van der Waals surface area contributed by atoms with Gasteiger partial charge in [-0.05, 0) is 91.1 Å². The number of piperidine rings is 1. The molecule has 1 fully saturated rings. The van der Waals surface area contributed by atoms with E-state index in [-0.39, 0.29) is 37.2 Å². The fourth-order valence-corrected chi connectivity index (χ4v) is 6.95. The number of hydrogen-bond acceptors (Lipinski definition) is 10. The monoisotopic (exact) mass is 812 g/mol. The standard InChI is InChI=1S/C42H48N4O6.3ClH/c1-28-8-10-34(11-9-28)46(27-29-12-15-44-36(19-29)32-22-39(49-4)42(52-7)40(23-32)50-5)35-13-16-45(17-14-35)26-30-18-33(25-43-24-30)31-20-37(47-2)41(51-6)38(21-31)48-3;;;/h8-12,15,18-25,35H,13-14,16-17,26-27H2,1-7H3;3*1H. The van der Waals surface area contributed by atoms with Gasteiger partial charge in [-0.2, -0.15) is 0 Å². The van der Waals surface area contributed by atoms with Gasteiger partial charge in [0, 0.05) is 67.6 Å². The maximum atomic E-state index is 5.62. The van der Waals surface area contributed by atoms with Gasteiger partial charge in [0.15, 0.2) is 23.0 Å². The molecule has 10 nitrogen and oxygen atoms in total. The predicted molar refractivity (Wildman–Crippen MR) is 226 cm³/mol. The first kappa shape index (κ1) is 44.8. The van der Waals surface area contributed by atoms with Crippen LogP contribution in [0.3, 0.4) is 0 Å². The number of aryl methyl sites for hydroxylation is 1. The van der Waals surface area contributed by atoms with Gasteiger partial charge in [0.05, 0.1) is 48.4 Å². The molecule has 5 aromatic rings. The van der Waals surface area contributed by atoms with Gasteiger partial charge in [-0.1, -0.05) is 17.7 Å². The summed E-state index contributed by atoms with van der Waals surface area (Å²) in [6, 6.07) is 23.5. The lowest BCUT2D eigenvalue weighted by molar-refractivity contribution is 0.200. The number of anilines is 1. The van der Waals surface area contributed by atoms with Crippen molar-refractivity contribution in [2.45, 2.75) is 38.9 Å². The van der Waals surface area contributed by atoms with E-state index in [0.717, 1.165) is 67.0 Å². The molecule has 0 unspecified atom stereocenters. The van der Waals surface area contributed by atoms with Crippen molar-refractivity contribution in [3.63, 3.8) is 0 Å². The zero-order valence-electron chi connectivity index (χ0n) is 32.4. The Balaban J connectivity index is 0.00000271. The SMILES string of the molecule is COc1cc(-c2cncc(CN3CCC(N(Cc4ccnc(-c5cc(OC)c(OC)c(OC)c5)c4)c4ccc(C)cc4)CC3)c2)cc(OC)c1OC.Cl.Cl.Cl. The third kappa shape index (κ3) is 10.4. The van der Waals surface area contributed by atoms with E-state index in [2.05, 4.69) is 64.2 Å². The fraction of sp³-hybridized carbons (Fsp3) is 0.333. The van der Waals surface area contributed by atoms with Crippen molar-refractivity contribution in [2.75, 3.05) is 60.6 Å². The highest BCUT2D eigenvalue weighted by atomic mass is 35.5. The summed E-state index contributed by atoms with van der Waals surface area (Å²) in [5.41, 5.74) is 8.51. The van der Waals surface area contributed by atoms with E-state index in [4.69, 9.17) is 33.4 Å². The van der Waals surface area contributed by atoms with Crippen molar-refractivity contribution in [1.82, 2.24) is 14.9 Å². The van der Waals surface area contributed by atoms with Crippen LogP contribution in [-0.4, -0.2) is 76.7 Å². The van der Waals surface area contributed by atoms with Crippen LogP contribution in [0.15, 0.2) is 85.3 Å². The molecule has 0 saturated carbocycles. The summed E-state index contributed by atoms with van der Waals surface area (Å²) in [4.78, 5) is 14.4. The lowest BCUT2D eigenvalue weighted by atomic mass is 9.99. The van der Waals surface area contributed by atoms with Gasteiger partial charge in [0.2, 0.25) is 11.5 Å². The number of pyridine rings is 2. The maximum Gasteiger partial charge on any atom is 0.203 e. The van der Waals surface area contributed by atoms with Crippen LogP contribution in [0.2, 0.25) is 0 Å². The van der Waals surface area contributed by atoms with Gasteiger partial charge in [0.25, 0.3) is 0 Å². The molecule has 296 valence electrons. The number of likely N-dealkylation sites (tertiary alicyclic amines) is 1. The average Bonchev–Trinajstić information content (AvgIpc) is 3.19. The topological polar surface area (TPSA) is 87.6 Å². The Morgan fingerprint density at radius 2 is 1.16 bits per heavy atom. The van der Waals surface area contributed by atoms with Crippen LogP contribution in [0.1, 0.15) is 29.5 Å². The van der Waals surface area contributed by atoms with Crippen LogP contribution in [0, 0.1) is 6.92 Å². The summed E-state index contributed by atoms with van der Waals surface area (Å²) < 4.78 is 33.5. The van der Waals surface area contributed by atoms with Crippen molar-refractivity contribution in [1.29, 1.82) is 0 Å². The molecule has 1 aliphatic heterocycles. The van der Waals surface area contributed by atoms with Gasteiger partial charge in [-0.15, -0.1) is 37.2 Å². The van der Waals surface area contributed by atoms with Crippen LogP contribution < -0.4 is 33.3 Å². The molecule has 0 radical (unpaired) electrons. The van der Waals surface area contributed by atoms with Crippen LogP contribution in [0.25, 0.3) is 22.4 Å². The molecular formula is C42H51Cl3N4O6. The lowest BCUT2D eigenvalue weighted by Crippen LogP contribution is -2.44. The van der Waals surface area contributed by atoms with Crippen LogP contribution in [0.4, 0.5) is 5.69 Å². The number of ether oxygens (including phenoxy) is 6. The van der Waals surface area contributed by atoms with Crippen LogP contribution in [0.5, 0.6) is 34.5 Å². The Labute approximate surface area is 343 Å². The zero-order chi connectivity index (χ0) is 36.6. The van der Waals surface area contributed by atoms with Crippen LogP contribution >= 0.6 is 37.2 Å². The van der Waals surface area contributed by atoms with E-state index in [1.807, 2.05) is 42.9 Å². The number of nitrogens with zero attached hydrogens (tertiary/aromatic N) is 4. The summed E-state index contributed by atoms with van der Waals surface area (Å²) >= 11 is 0. The molecule has 0 atom stereocenters. The third-order valence-electron chi connectivity index (χ3n) is 9.70. The molecule has 6 rings (SSSR count). The van der Waals surface area contributed by atoms with Crippen molar-refractivity contribution < 1.29 is 28.4 Å². The molecule has 1 saturated heterocycles. The quantitative estimate of drug-likeness (QED) is 0.108. The maximum absolute atomic E-state index is 5.62. The molecule has 0 aliphatic carbocycles. The van der Waals surface area contributed by atoms with E-state index in [9.17, 15) is 0 Å². The molecular weight excluding hydrogens is 763 g/mol. The summed E-state index contributed by atoms with van der Waals surface area (Å²) in [7, 11) is 9.73. The van der Waals surface area contributed by atoms with E-state index >= 15 is 0 Å². The molecule has 13 heteroatoms. The van der Waals surface area contributed by atoms with E-state index in [0.29, 0.717) is 40.5 Å². The second-order valence-electron chi connectivity index (χ2n) is 12.9. The molecule has 0 bridgehead atoms. The Morgan fingerprint density at radius 1 is 0.618 bits per heavy atom. The van der Waals surface area contributed by atoms with Gasteiger partial charge >= 0.3 is 0 Å². The largest absolute Gasteiger partial charge is 0.493 e. The molecule has 1 aliphatic rings. The third-order valence-corrected chi connectivity index (χ3v) is 9.70. The smallest absolute Gasteiger partial charge is 0.203 e. The Hall–Kier alpha value is -4.61. The first-order chi connectivity index (χ1) is 25.4. The first-order valence-electron chi connectivity index (χ1n) is 17.4. The van der Waals surface area contributed by atoms with Gasteiger partial charge in [-0.25, -0.2) is 0 Å². The van der Waals surface area contributed by atoms with E-state index in [1.165, 1.54) is 16.8 Å². The minimum absolute atomic E-state index is 0. The van der Waals surface area contributed by atoms with Gasteiger partial charge in [-0.3, -0.25) is 14.9 Å². The van der Waals surface area contributed by atoms with Gasteiger partial charge < -0.3 is 33.3 Å². The van der Waals surface area contributed by atoms with Crippen molar-refractivity contribution >= 4 is 42.9 Å². The highest BCUT2D eigenvalue weighted by Crippen LogP contribution is 2.42. The molecule has 55 heavy (non-hydrogen) atoms.